The average Bonchev–Trinajstić information content (AvgIpc) is 2.69. The molecule has 2 aromatic heterocycles. The fourth-order valence-electron chi connectivity index (χ4n) is 2.68. The fourth-order valence-corrected chi connectivity index (χ4v) is 2.68. The summed E-state index contributed by atoms with van der Waals surface area (Å²) in [5, 5.41) is 10.1. The molecule has 0 aliphatic heterocycles. The minimum absolute atomic E-state index is 0.0409. The lowest BCUT2D eigenvalue weighted by Gasteiger charge is -2.11. The van der Waals surface area contributed by atoms with Gasteiger partial charge in [-0.1, -0.05) is 38.5 Å². The number of pyridine rings is 1. The van der Waals surface area contributed by atoms with E-state index in [4.69, 9.17) is 20.9 Å². The van der Waals surface area contributed by atoms with Gasteiger partial charge >= 0.3 is 0 Å². The molecule has 5 N–H and O–H groups in total. The molecule has 1 fully saturated rings. The van der Waals surface area contributed by atoms with Gasteiger partial charge in [0.1, 0.15) is 11.6 Å². The maximum Gasteiger partial charge on any atom is 0.271 e. The Labute approximate surface area is 158 Å². The third-order valence-corrected chi connectivity index (χ3v) is 4.05. The number of ether oxygens (including phenoxy) is 2. The monoisotopic (exact) mass is 374 g/mol. The fraction of sp³-hybridized carbons (Fsp3) is 0.444. The van der Waals surface area contributed by atoms with E-state index in [1.54, 1.807) is 12.1 Å². The molecule has 27 heavy (non-hydrogen) atoms. The molecule has 0 saturated heterocycles. The maximum absolute atomic E-state index is 11.3. The summed E-state index contributed by atoms with van der Waals surface area (Å²) in [6.45, 7) is 0. The summed E-state index contributed by atoms with van der Waals surface area (Å²) in [6, 6.07) is 4.74. The van der Waals surface area contributed by atoms with E-state index in [0.29, 0.717) is 17.3 Å². The summed E-state index contributed by atoms with van der Waals surface area (Å²) in [5.41, 5.74) is 11.0. The highest BCUT2D eigenvalue weighted by Gasteiger charge is 2.13. The van der Waals surface area contributed by atoms with Crippen molar-refractivity contribution in [3.8, 4) is 11.6 Å². The topological polar surface area (TPSA) is 138 Å². The first-order valence-electron chi connectivity index (χ1n) is 8.84. The minimum atomic E-state index is -0.731. The Hall–Kier alpha value is -3.10. The number of nitrogens with two attached hydrogens (primary N) is 2. The Morgan fingerprint density at radius 2 is 1.67 bits per heavy atom. The van der Waals surface area contributed by atoms with Crippen molar-refractivity contribution in [2.75, 3.05) is 25.3 Å². The van der Waals surface area contributed by atoms with Gasteiger partial charge in [-0.05, 0) is 12.1 Å². The number of carbonyl (C=O) groups is 1. The van der Waals surface area contributed by atoms with Gasteiger partial charge in [-0.2, -0.15) is 4.98 Å². The lowest BCUT2D eigenvalue weighted by atomic mass is 10.0. The van der Waals surface area contributed by atoms with Crippen molar-refractivity contribution in [1.82, 2.24) is 15.2 Å². The van der Waals surface area contributed by atoms with Crippen molar-refractivity contribution in [3.05, 3.63) is 23.9 Å². The first-order chi connectivity index (χ1) is 13.0. The minimum Gasteiger partial charge on any atom is -0.491 e. The standard InChI is InChI=1S/C12H14N6O3.C6H12/c1-20-7-3-4-9(16-12(7)21-2)15-6-5-8(13)17-18-10(6)11(14)19;1-2-4-6-5-3-1/h3-5H,1-2H3,(H2,14,19)(H3,13,15,16,17);1-6H2. The van der Waals surface area contributed by atoms with Crippen LogP contribution in [0.3, 0.4) is 0 Å². The van der Waals surface area contributed by atoms with Crippen LogP contribution in [0, 0.1) is 0 Å². The molecule has 9 heteroatoms. The van der Waals surface area contributed by atoms with E-state index in [2.05, 4.69) is 20.5 Å². The van der Waals surface area contributed by atoms with Crippen LogP contribution in [0.15, 0.2) is 18.2 Å². The van der Waals surface area contributed by atoms with Crippen LogP contribution in [-0.4, -0.2) is 35.3 Å². The van der Waals surface area contributed by atoms with E-state index in [-0.39, 0.29) is 17.4 Å². The van der Waals surface area contributed by atoms with Crippen molar-refractivity contribution in [2.24, 2.45) is 5.73 Å². The molecule has 0 atom stereocenters. The number of methoxy groups -OCH3 is 2. The van der Waals surface area contributed by atoms with E-state index in [1.807, 2.05) is 0 Å². The lowest BCUT2D eigenvalue weighted by molar-refractivity contribution is 0.0995. The molecule has 0 spiro atoms. The molecule has 1 aliphatic rings. The van der Waals surface area contributed by atoms with Crippen LogP contribution in [0.25, 0.3) is 0 Å². The summed E-state index contributed by atoms with van der Waals surface area (Å²) in [7, 11) is 2.97. The summed E-state index contributed by atoms with van der Waals surface area (Å²) in [5.74, 6) is 0.583. The normalized spacial score (nSPS) is 13.1. The Balaban J connectivity index is 0.000000369. The second-order valence-electron chi connectivity index (χ2n) is 6.05. The number of rotatable bonds is 5. The molecule has 9 nitrogen and oxygen atoms in total. The van der Waals surface area contributed by atoms with E-state index in [0.717, 1.165) is 0 Å². The molecule has 2 aromatic rings. The van der Waals surface area contributed by atoms with Crippen LogP contribution in [0.1, 0.15) is 49.0 Å². The van der Waals surface area contributed by atoms with Gasteiger partial charge < -0.3 is 26.3 Å². The van der Waals surface area contributed by atoms with Gasteiger partial charge in [-0.3, -0.25) is 4.79 Å². The highest BCUT2D eigenvalue weighted by atomic mass is 16.5. The van der Waals surface area contributed by atoms with Crippen LogP contribution in [0.2, 0.25) is 0 Å². The van der Waals surface area contributed by atoms with Crippen molar-refractivity contribution in [3.63, 3.8) is 0 Å². The first-order valence-corrected chi connectivity index (χ1v) is 8.84. The predicted molar refractivity (Wildman–Crippen MR) is 103 cm³/mol. The lowest BCUT2D eigenvalue weighted by Crippen LogP contribution is -2.17. The highest BCUT2D eigenvalue weighted by Crippen LogP contribution is 2.28. The van der Waals surface area contributed by atoms with Crippen LogP contribution in [-0.2, 0) is 0 Å². The number of primary amides is 1. The number of carbonyl (C=O) groups excluding carboxylic acids is 1. The number of hydrogen-bond donors (Lipinski definition) is 3. The number of amides is 1. The number of nitrogen functional groups attached to an aromatic ring is 1. The van der Waals surface area contributed by atoms with E-state index in [1.165, 1.54) is 58.8 Å². The number of hydrogen-bond acceptors (Lipinski definition) is 8. The largest absolute Gasteiger partial charge is 0.491 e. The summed E-state index contributed by atoms with van der Waals surface area (Å²) < 4.78 is 10.2. The second kappa shape index (κ2) is 10.1. The molecule has 0 unspecified atom stereocenters. The number of nitrogens with one attached hydrogen (secondary N) is 1. The van der Waals surface area contributed by atoms with Gasteiger partial charge in [0.2, 0.25) is 0 Å². The van der Waals surface area contributed by atoms with Crippen LogP contribution < -0.4 is 26.3 Å². The second-order valence-corrected chi connectivity index (χ2v) is 6.05. The molecule has 0 aromatic carbocycles. The number of nitrogens with zero attached hydrogens (tertiary/aromatic N) is 3. The molecule has 2 heterocycles. The Bertz CT molecular complexity index is 753. The highest BCUT2D eigenvalue weighted by molar-refractivity contribution is 5.97. The Morgan fingerprint density at radius 3 is 2.19 bits per heavy atom. The zero-order valence-corrected chi connectivity index (χ0v) is 15.7. The van der Waals surface area contributed by atoms with E-state index < -0.39 is 5.91 Å². The summed E-state index contributed by atoms with van der Waals surface area (Å²) in [4.78, 5) is 15.5. The number of anilines is 3. The van der Waals surface area contributed by atoms with Crippen LogP contribution >= 0.6 is 0 Å². The van der Waals surface area contributed by atoms with Gasteiger partial charge in [0.15, 0.2) is 11.4 Å². The first kappa shape index (κ1) is 20.2. The molecule has 0 radical (unpaired) electrons. The molecule has 1 amide bonds. The zero-order valence-electron chi connectivity index (χ0n) is 15.7. The molecule has 3 rings (SSSR count). The average molecular weight is 374 g/mol. The van der Waals surface area contributed by atoms with Crippen molar-refractivity contribution < 1.29 is 14.3 Å². The number of aromatic nitrogens is 3. The molecule has 0 bridgehead atoms. The summed E-state index contributed by atoms with van der Waals surface area (Å²) >= 11 is 0. The molecule has 1 aliphatic carbocycles. The van der Waals surface area contributed by atoms with Crippen LogP contribution in [0.5, 0.6) is 11.6 Å². The zero-order chi connectivity index (χ0) is 19.6. The smallest absolute Gasteiger partial charge is 0.271 e. The van der Waals surface area contributed by atoms with Crippen molar-refractivity contribution in [1.29, 1.82) is 0 Å². The molecular weight excluding hydrogens is 348 g/mol. The Kier molecular flexibility index (Phi) is 7.60. The predicted octanol–water partition coefficient (Wildman–Crippen LogP) is 2.65. The molecule has 146 valence electrons. The van der Waals surface area contributed by atoms with Gasteiger partial charge in [0.25, 0.3) is 11.8 Å². The van der Waals surface area contributed by atoms with Crippen molar-refractivity contribution >= 4 is 23.2 Å². The maximum atomic E-state index is 11.3. The van der Waals surface area contributed by atoms with Crippen molar-refractivity contribution in [2.45, 2.75) is 38.5 Å². The quantitative estimate of drug-likeness (QED) is 0.726. The third-order valence-electron chi connectivity index (χ3n) is 4.05. The Morgan fingerprint density at radius 1 is 1.04 bits per heavy atom. The molecular formula is C18H26N6O3. The van der Waals surface area contributed by atoms with Crippen LogP contribution in [0.4, 0.5) is 17.3 Å². The third kappa shape index (κ3) is 5.98. The molecule has 1 saturated carbocycles. The van der Waals surface area contributed by atoms with Gasteiger partial charge in [0.05, 0.1) is 19.9 Å². The van der Waals surface area contributed by atoms with Gasteiger partial charge in [0, 0.05) is 6.07 Å². The SMILES string of the molecule is C1CCCCC1.COc1ccc(Nc2cc(N)nnc2C(N)=O)nc1OC. The van der Waals surface area contributed by atoms with Gasteiger partial charge in [-0.25, -0.2) is 0 Å². The van der Waals surface area contributed by atoms with Gasteiger partial charge in [-0.15, -0.1) is 10.2 Å². The summed E-state index contributed by atoms with van der Waals surface area (Å²) in [6.07, 6.45) is 9.00. The van der Waals surface area contributed by atoms with E-state index in [9.17, 15) is 4.79 Å². The van der Waals surface area contributed by atoms with E-state index >= 15 is 0 Å².